The third kappa shape index (κ3) is 7.68. The molecule has 4 rings (SSSR count). The molecule has 0 atom stereocenters. The van der Waals surface area contributed by atoms with Gasteiger partial charge in [-0.3, -0.25) is 0 Å². The number of urea groups is 1. The fourth-order valence-electron chi connectivity index (χ4n) is 4.65. The first-order valence-electron chi connectivity index (χ1n) is 13.1. The van der Waals surface area contributed by atoms with E-state index in [0.717, 1.165) is 37.8 Å². The lowest BCUT2D eigenvalue weighted by Gasteiger charge is -2.30. The number of amides is 3. The van der Waals surface area contributed by atoms with Crippen molar-refractivity contribution in [1.29, 1.82) is 0 Å². The topological polar surface area (TPSA) is 92.3 Å². The zero-order valence-corrected chi connectivity index (χ0v) is 21.2. The molecule has 3 amide bonds. The number of likely N-dealkylation sites (tertiary alicyclic amines) is 1. The summed E-state index contributed by atoms with van der Waals surface area (Å²) >= 11 is 0. The number of rotatable bonds is 7. The van der Waals surface area contributed by atoms with Crippen LogP contribution in [0.15, 0.2) is 53.7 Å². The monoisotopic (exact) mass is 510 g/mol. The van der Waals surface area contributed by atoms with Crippen molar-refractivity contribution >= 4 is 23.5 Å². The standard InChI is InChI=1S/C28H35FN4O4/c1-2-16-30-27(34)31-22-12-13-25(26(29)19-22)20-8-10-21(11-9-20)32-37-24-14-17-33(18-15-24)28(35)36-23-6-4-3-5-7-23/h3-7,12-13,19-20,24H,2,8-11,14-18H2,1H3,(H2,30,31,34). The summed E-state index contributed by atoms with van der Waals surface area (Å²) in [5.74, 6) is 0.350. The van der Waals surface area contributed by atoms with E-state index in [4.69, 9.17) is 9.57 Å². The van der Waals surface area contributed by atoms with Gasteiger partial charge in [0.1, 0.15) is 17.7 Å². The van der Waals surface area contributed by atoms with E-state index in [1.54, 1.807) is 29.2 Å². The molecule has 2 fully saturated rings. The minimum Gasteiger partial charge on any atom is -0.410 e. The third-order valence-electron chi connectivity index (χ3n) is 6.78. The Hall–Kier alpha value is -3.62. The molecule has 1 saturated carbocycles. The Kier molecular flexibility index (Phi) is 9.35. The van der Waals surface area contributed by atoms with Gasteiger partial charge in [-0.25, -0.2) is 14.0 Å². The number of nitrogens with zero attached hydrogens (tertiary/aromatic N) is 2. The summed E-state index contributed by atoms with van der Waals surface area (Å²) in [5.41, 5.74) is 2.11. The Balaban J connectivity index is 1.19. The van der Waals surface area contributed by atoms with Gasteiger partial charge in [0.25, 0.3) is 0 Å². The van der Waals surface area contributed by atoms with Crippen molar-refractivity contribution in [2.24, 2.45) is 5.16 Å². The quantitative estimate of drug-likeness (QED) is 0.444. The number of anilines is 1. The van der Waals surface area contributed by atoms with Crippen molar-refractivity contribution in [3.05, 3.63) is 59.9 Å². The second kappa shape index (κ2) is 13.1. The molecule has 1 saturated heterocycles. The molecule has 2 aromatic rings. The van der Waals surface area contributed by atoms with Crippen molar-refractivity contribution in [1.82, 2.24) is 10.2 Å². The van der Waals surface area contributed by atoms with E-state index in [9.17, 15) is 14.0 Å². The van der Waals surface area contributed by atoms with Gasteiger partial charge in [0.05, 0.1) is 5.71 Å². The van der Waals surface area contributed by atoms with Gasteiger partial charge < -0.3 is 25.1 Å². The van der Waals surface area contributed by atoms with Crippen LogP contribution in [0.1, 0.15) is 63.4 Å². The fourth-order valence-corrected chi connectivity index (χ4v) is 4.65. The number of oxime groups is 1. The lowest BCUT2D eigenvalue weighted by molar-refractivity contribution is 0.0134. The first kappa shape index (κ1) is 26.4. The number of piperidine rings is 1. The van der Waals surface area contributed by atoms with Gasteiger partial charge in [0.15, 0.2) is 0 Å². The van der Waals surface area contributed by atoms with Gasteiger partial charge in [-0.2, -0.15) is 0 Å². The molecule has 0 spiro atoms. The van der Waals surface area contributed by atoms with E-state index in [2.05, 4.69) is 15.8 Å². The molecule has 8 nitrogen and oxygen atoms in total. The average Bonchev–Trinajstić information content (AvgIpc) is 2.92. The Morgan fingerprint density at radius 2 is 1.78 bits per heavy atom. The van der Waals surface area contributed by atoms with Crippen LogP contribution in [0.25, 0.3) is 0 Å². The summed E-state index contributed by atoms with van der Waals surface area (Å²) in [6.45, 7) is 3.67. The maximum Gasteiger partial charge on any atom is 0.415 e. The van der Waals surface area contributed by atoms with Crippen LogP contribution in [0.2, 0.25) is 0 Å². The van der Waals surface area contributed by atoms with Gasteiger partial charge in [-0.15, -0.1) is 0 Å². The van der Waals surface area contributed by atoms with Gasteiger partial charge >= 0.3 is 12.1 Å². The maximum atomic E-state index is 14.8. The van der Waals surface area contributed by atoms with Gasteiger partial charge in [0, 0.05) is 38.2 Å². The van der Waals surface area contributed by atoms with Crippen LogP contribution in [0.5, 0.6) is 5.75 Å². The Morgan fingerprint density at radius 3 is 2.46 bits per heavy atom. The zero-order valence-electron chi connectivity index (χ0n) is 21.2. The number of halogens is 1. The zero-order chi connectivity index (χ0) is 26.0. The molecule has 0 bridgehead atoms. The predicted octanol–water partition coefficient (Wildman–Crippen LogP) is 6.05. The average molecular weight is 511 g/mol. The number of nitrogens with one attached hydrogen (secondary N) is 2. The molecule has 1 aliphatic heterocycles. The Bertz CT molecular complexity index is 1080. The second-order valence-electron chi connectivity index (χ2n) is 9.52. The van der Waals surface area contributed by atoms with Crippen molar-refractivity contribution in [2.75, 3.05) is 25.0 Å². The number of benzene rings is 2. The second-order valence-corrected chi connectivity index (χ2v) is 9.52. The molecule has 0 radical (unpaired) electrons. The molecule has 2 aromatic carbocycles. The normalized spacial score (nSPS) is 18.2. The van der Waals surface area contributed by atoms with Gasteiger partial charge in [0.2, 0.25) is 0 Å². The number of hydrogen-bond acceptors (Lipinski definition) is 5. The van der Waals surface area contributed by atoms with Crippen LogP contribution in [-0.2, 0) is 4.84 Å². The van der Waals surface area contributed by atoms with Crippen molar-refractivity contribution in [3.63, 3.8) is 0 Å². The number of carbonyl (C=O) groups excluding carboxylic acids is 2. The van der Waals surface area contributed by atoms with Crippen LogP contribution in [-0.4, -0.2) is 48.5 Å². The summed E-state index contributed by atoms with van der Waals surface area (Å²) < 4.78 is 20.2. The molecule has 2 aliphatic rings. The minimum atomic E-state index is -0.343. The number of carbonyl (C=O) groups is 2. The first-order valence-corrected chi connectivity index (χ1v) is 13.1. The van der Waals surface area contributed by atoms with E-state index in [0.29, 0.717) is 49.5 Å². The Labute approximate surface area is 217 Å². The number of ether oxygens (including phenoxy) is 1. The maximum absolute atomic E-state index is 14.8. The largest absolute Gasteiger partial charge is 0.415 e. The lowest BCUT2D eigenvalue weighted by atomic mass is 9.83. The highest BCUT2D eigenvalue weighted by molar-refractivity contribution is 5.89. The molecule has 198 valence electrons. The number of hydrogen-bond donors (Lipinski definition) is 2. The summed E-state index contributed by atoms with van der Waals surface area (Å²) in [6, 6.07) is 13.6. The SMILES string of the molecule is CCCNC(=O)Nc1ccc(C2CCC(=NOC3CCN(C(=O)Oc4ccccc4)CC3)CC2)c(F)c1. The van der Waals surface area contributed by atoms with Crippen LogP contribution < -0.4 is 15.4 Å². The molecule has 2 N–H and O–H groups in total. The highest BCUT2D eigenvalue weighted by Gasteiger charge is 2.26. The molecule has 37 heavy (non-hydrogen) atoms. The van der Waals surface area contributed by atoms with Crippen LogP contribution in [0, 0.1) is 5.82 Å². The van der Waals surface area contributed by atoms with Crippen LogP contribution >= 0.6 is 0 Å². The van der Waals surface area contributed by atoms with E-state index >= 15 is 0 Å². The molecular formula is C28H35FN4O4. The highest BCUT2D eigenvalue weighted by Crippen LogP contribution is 2.34. The predicted molar refractivity (Wildman–Crippen MR) is 141 cm³/mol. The molecule has 9 heteroatoms. The molecular weight excluding hydrogens is 475 g/mol. The van der Waals surface area contributed by atoms with Crippen LogP contribution in [0.4, 0.5) is 19.7 Å². The molecule has 1 aliphatic carbocycles. The Morgan fingerprint density at radius 1 is 1.05 bits per heavy atom. The minimum absolute atomic E-state index is 0.0296. The van der Waals surface area contributed by atoms with Crippen molar-refractivity contribution in [3.8, 4) is 5.75 Å². The van der Waals surface area contributed by atoms with E-state index in [-0.39, 0.29) is 30.0 Å². The summed E-state index contributed by atoms with van der Waals surface area (Å²) in [5, 5.41) is 9.78. The lowest BCUT2D eigenvalue weighted by Crippen LogP contribution is -2.42. The number of para-hydroxylation sites is 1. The summed E-state index contributed by atoms with van der Waals surface area (Å²) in [7, 11) is 0. The molecule has 0 unspecified atom stereocenters. The van der Waals surface area contributed by atoms with Crippen LogP contribution in [0.3, 0.4) is 0 Å². The van der Waals surface area contributed by atoms with E-state index in [1.807, 2.05) is 25.1 Å². The smallest absolute Gasteiger partial charge is 0.410 e. The first-order chi connectivity index (χ1) is 18.0. The summed E-state index contributed by atoms with van der Waals surface area (Å²) in [4.78, 5) is 31.6. The fraction of sp³-hybridized carbons (Fsp3) is 0.464. The van der Waals surface area contributed by atoms with E-state index < -0.39 is 0 Å². The molecule has 1 heterocycles. The third-order valence-corrected chi connectivity index (χ3v) is 6.78. The summed E-state index contributed by atoms with van der Waals surface area (Å²) in [6.07, 6.45) is 4.97. The highest BCUT2D eigenvalue weighted by atomic mass is 19.1. The van der Waals surface area contributed by atoms with Gasteiger partial charge in [-0.1, -0.05) is 36.3 Å². The van der Waals surface area contributed by atoms with Crippen molar-refractivity contribution < 1.29 is 23.6 Å². The van der Waals surface area contributed by atoms with Gasteiger partial charge in [-0.05, 0) is 67.9 Å². The molecule has 0 aromatic heterocycles. The van der Waals surface area contributed by atoms with Crippen molar-refractivity contribution in [2.45, 2.75) is 63.9 Å². The van der Waals surface area contributed by atoms with E-state index in [1.165, 1.54) is 6.07 Å².